The maximum Gasteiger partial charge on any atom is 0.239 e. The van der Waals surface area contributed by atoms with E-state index < -0.39 is 0 Å². The largest absolute Gasteiger partial charge is 0.358 e. The van der Waals surface area contributed by atoms with Crippen molar-refractivity contribution in [2.24, 2.45) is 11.8 Å². The van der Waals surface area contributed by atoms with Gasteiger partial charge < -0.3 is 16.0 Å². The van der Waals surface area contributed by atoms with E-state index in [2.05, 4.69) is 67.9 Å². The van der Waals surface area contributed by atoms with Crippen LogP contribution in [0.1, 0.15) is 44.9 Å². The van der Waals surface area contributed by atoms with Gasteiger partial charge >= 0.3 is 0 Å². The number of nitrogens with one attached hydrogen (secondary N) is 3. The Balaban J connectivity index is 2.60. The van der Waals surface area contributed by atoms with Gasteiger partial charge in [-0.05, 0) is 29.4 Å². The zero-order valence-electron chi connectivity index (χ0n) is 15.5. The third-order valence-corrected chi connectivity index (χ3v) is 3.86. The first kappa shape index (κ1) is 20.2. The number of likely N-dealkylation sites (N-methyl/N-ethyl adjacent to an activating group) is 1. The highest BCUT2D eigenvalue weighted by Crippen LogP contribution is 2.22. The lowest BCUT2D eigenvalue weighted by Crippen LogP contribution is -2.41. The summed E-state index contributed by atoms with van der Waals surface area (Å²) in [5.41, 5.74) is 2.51. The van der Waals surface area contributed by atoms with Crippen LogP contribution in [0.3, 0.4) is 0 Å². The van der Waals surface area contributed by atoms with E-state index in [0.717, 1.165) is 6.42 Å². The summed E-state index contributed by atoms with van der Waals surface area (Å²) >= 11 is 0. The molecule has 0 bridgehead atoms. The van der Waals surface area contributed by atoms with Crippen LogP contribution >= 0.6 is 0 Å². The molecule has 3 N–H and O–H groups in total. The van der Waals surface area contributed by atoms with Gasteiger partial charge in [-0.3, -0.25) is 9.59 Å². The fourth-order valence-corrected chi connectivity index (χ4v) is 2.60. The van der Waals surface area contributed by atoms with E-state index >= 15 is 0 Å². The fraction of sp³-hybridized carbons (Fsp3) is 0.579. The zero-order chi connectivity index (χ0) is 18.1. The van der Waals surface area contributed by atoms with Crippen LogP contribution in [0.2, 0.25) is 0 Å². The number of hydrogen-bond donors (Lipinski definition) is 3. The molecule has 1 aromatic rings. The molecule has 5 heteroatoms. The summed E-state index contributed by atoms with van der Waals surface area (Å²) in [6.07, 6.45) is 1.07. The average molecular weight is 333 g/mol. The molecule has 0 aliphatic heterocycles. The summed E-state index contributed by atoms with van der Waals surface area (Å²) in [6.45, 7) is 8.87. The van der Waals surface area contributed by atoms with Gasteiger partial charge in [-0.2, -0.15) is 0 Å². The first-order chi connectivity index (χ1) is 11.3. The number of hydrogen-bond acceptors (Lipinski definition) is 3. The first-order valence-corrected chi connectivity index (χ1v) is 8.63. The summed E-state index contributed by atoms with van der Waals surface area (Å²) < 4.78 is 0. The molecular formula is C19H31N3O2. The van der Waals surface area contributed by atoms with Crippen molar-refractivity contribution in [1.29, 1.82) is 0 Å². The second-order valence-electron chi connectivity index (χ2n) is 6.89. The maximum atomic E-state index is 11.8. The van der Waals surface area contributed by atoms with Gasteiger partial charge in [0, 0.05) is 13.1 Å². The highest BCUT2D eigenvalue weighted by Gasteiger charge is 2.16. The van der Waals surface area contributed by atoms with Gasteiger partial charge in [-0.1, -0.05) is 52.0 Å². The molecule has 24 heavy (non-hydrogen) atoms. The van der Waals surface area contributed by atoms with Crippen molar-refractivity contribution >= 4 is 11.8 Å². The second kappa shape index (κ2) is 10.1. The molecule has 0 aromatic heterocycles. The van der Waals surface area contributed by atoms with Crippen LogP contribution < -0.4 is 16.0 Å². The SMILES string of the molecule is CNC(=O)CNC(=O)CN[C@@H](c1ccc(CC(C)C)cc1)C(C)C. The molecule has 0 aliphatic rings. The molecule has 5 nitrogen and oxygen atoms in total. The molecule has 1 aromatic carbocycles. The Morgan fingerprint density at radius 3 is 2.08 bits per heavy atom. The van der Waals surface area contributed by atoms with Crippen LogP contribution in [0.5, 0.6) is 0 Å². The molecule has 2 amide bonds. The summed E-state index contributed by atoms with van der Waals surface area (Å²) in [7, 11) is 1.55. The van der Waals surface area contributed by atoms with E-state index in [-0.39, 0.29) is 30.9 Å². The standard InChI is InChI=1S/C19H31N3O2/c1-13(2)10-15-6-8-16(9-7-15)19(14(3)4)22-12-18(24)21-11-17(23)20-5/h6-9,13-14,19,22H,10-12H2,1-5H3,(H,20,23)(H,21,24)/t19-/m1/s1. The van der Waals surface area contributed by atoms with E-state index in [4.69, 9.17) is 0 Å². The van der Waals surface area contributed by atoms with Crippen LogP contribution in [0, 0.1) is 11.8 Å². The van der Waals surface area contributed by atoms with Gasteiger partial charge in [0.1, 0.15) is 0 Å². The van der Waals surface area contributed by atoms with Gasteiger partial charge in [-0.25, -0.2) is 0 Å². The lowest BCUT2D eigenvalue weighted by atomic mass is 9.94. The van der Waals surface area contributed by atoms with Crippen LogP contribution in [0.15, 0.2) is 24.3 Å². The van der Waals surface area contributed by atoms with Crippen LogP contribution in [-0.4, -0.2) is 32.0 Å². The molecular weight excluding hydrogens is 302 g/mol. The van der Waals surface area contributed by atoms with Crippen molar-refractivity contribution in [2.45, 2.75) is 40.2 Å². The number of rotatable bonds is 9. The highest BCUT2D eigenvalue weighted by molar-refractivity contribution is 5.85. The molecule has 1 atom stereocenters. The van der Waals surface area contributed by atoms with E-state index in [1.807, 2.05) is 0 Å². The topological polar surface area (TPSA) is 70.2 Å². The monoisotopic (exact) mass is 333 g/mol. The summed E-state index contributed by atoms with van der Waals surface area (Å²) in [5.74, 6) is 0.608. The van der Waals surface area contributed by atoms with Crippen LogP contribution in [-0.2, 0) is 16.0 Å². The molecule has 1 rings (SSSR count). The van der Waals surface area contributed by atoms with Gasteiger partial charge in [-0.15, -0.1) is 0 Å². The van der Waals surface area contributed by atoms with Crippen molar-refractivity contribution in [3.63, 3.8) is 0 Å². The molecule has 0 radical (unpaired) electrons. The first-order valence-electron chi connectivity index (χ1n) is 8.63. The molecule has 134 valence electrons. The van der Waals surface area contributed by atoms with Crippen molar-refractivity contribution in [2.75, 3.05) is 20.1 Å². The van der Waals surface area contributed by atoms with Crippen molar-refractivity contribution in [3.05, 3.63) is 35.4 Å². The van der Waals surface area contributed by atoms with Crippen LogP contribution in [0.4, 0.5) is 0 Å². The Kier molecular flexibility index (Phi) is 8.47. The average Bonchev–Trinajstić information content (AvgIpc) is 2.53. The van der Waals surface area contributed by atoms with Crippen molar-refractivity contribution in [3.8, 4) is 0 Å². The number of carbonyl (C=O) groups excluding carboxylic acids is 2. The Morgan fingerprint density at radius 1 is 0.958 bits per heavy atom. The molecule has 0 saturated carbocycles. The van der Waals surface area contributed by atoms with E-state index in [1.54, 1.807) is 7.05 Å². The summed E-state index contributed by atoms with van der Waals surface area (Å²) in [6, 6.07) is 8.70. The zero-order valence-corrected chi connectivity index (χ0v) is 15.5. The number of benzene rings is 1. The van der Waals surface area contributed by atoms with E-state index in [1.165, 1.54) is 11.1 Å². The second-order valence-corrected chi connectivity index (χ2v) is 6.89. The minimum atomic E-state index is -0.204. The van der Waals surface area contributed by atoms with Gasteiger partial charge in [0.2, 0.25) is 11.8 Å². The normalized spacial score (nSPS) is 12.3. The Morgan fingerprint density at radius 2 is 1.58 bits per heavy atom. The predicted octanol–water partition coefficient (Wildman–Crippen LogP) is 2.03. The van der Waals surface area contributed by atoms with Crippen LogP contribution in [0.25, 0.3) is 0 Å². The molecule has 0 heterocycles. The third-order valence-electron chi connectivity index (χ3n) is 3.86. The van der Waals surface area contributed by atoms with Gasteiger partial charge in [0.05, 0.1) is 13.1 Å². The highest BCUT2D eigenvalue weighted by atomic mass is 16.2. The molecule has 0 spiro atoms. The van der Waals surface area contributed by atoms with E-state index in [9.17, 15) is 9.59 Å². The van der Waals surface area contributed by atoms with Gasteiger partial charge in [0.15, 0.2) is 0 Å². The molecule has 0 unspecified atom stereocenters. The Labute approximate surface area is 145 Å². The smallest absolute Gasteiger partial charge is 0.239 e. The lowest BCUT2D eigenvalue weighted by molar-refractivity contribution is -0.125. The fourth-order valence-electron chi connectivity index (χ4n) is 2.60. The Bertz CT molecular complexity index is 524. The molecule has 0 fully saturated rings. The van der Waals surface area contributed by atoms with Crippen molar-refractivity contribution in [1.82, 2.24) is 16.0 Å². The molecule has 0 saturated heterocycles. The minimum Gasteiger partial charge on any atom is -0.358 e. The summed E-state index contributed by atoms with van der Waals surface area (Å²) in [5, 5.41) is 8.36. The van der Waals surface area contributed by atoms with E-state index in [0.29, 0.717) is 11.8 Å². The quantitative estimate of drug-likeness (QED) is 0.648. The Hall–Kier alpha value is -1.88. The number of amides is 2. The summed E-state index contributed by atoms with van der Waals surface area (Å²) in [4.78, 5) is 23.0. The third kappa shape index (κ3) is 7.13. The maximum absolute atomic E-state index is 11.8. The predicted molar refractivity (Wildman–Crippen MR) is 97.6 cm³/mol. The van der Waals surface area contributed by atoms with Crippen molar-refractivity contribution < 1.29 is 9.59 Å². The minimum absolute atomic E-state index is 0.00720. The lowest BCUT2D eigenvalue weighted by Gasteiger charge is -2.23. The molecule has 0 aliphatic carbocycles. The van der Waals surface area contributed by atoms with Gasteiger partial charge in [0.25, 0.3) is 0 Å². The number of carbonyl (C=O) groups is 2.